The second-order valence-corrected chi connectivity index (χ2v) is 3.94. The maximum Gasteiger partial charge on any atom is 0.140 e. The highest BCUT2D eigenvalue weighted by atomic mass is 15.1. The van der Waals surface area contributed by atoms with Crippen LogP contribution in [-0.2, 0) is 0 Å². The Balaban J connectivity index is 2.31. The van der Waals surface area contributed by atoms with Gasteiger partial charge in [0.25, 0.3) is 0 Å². The zero-order valence-electron chi connectivity index (χ0n) is 10.9. The van der Waals surface area contributed by atoms with Crippen LogP contribution in [0.2, 0.25) is 0 Å². The van der Waals surface area contributed by atoms with E-state index in [1.165, 1.54) is 0 Å². The largest absolute Gasteiger partial charge is 0.324 e. The van der Waals surface area contributed by atoms with Crippen LogP contribution in [-0.4, -0.2) is 17.4 Å². The van der Waals surface area contributed by atoms with Gasteiger partial charge in [-0.3, -0.25) is 4.99 Å². The summed E-state index contributed by atoms with van der Waals surface area (Å²) in [5.41, 5.74) is 1.90. The number of nitrogens with one attached hydrogen (secondary N) is 1. The third-order valence-electron chi connectivity index (χ3n) is 2.63. The summed E-state index contributed by atoms with van der Waals surface area (Å²) in [5.74, 6) is 1.43. The molecule has 0 spiro atoms. The van der Waals surface area contributed by atoms with Crippen molar-refractivity contribution in [2.75, 3.05) is 5.32 Å². The highest BCUT2D eigenvalue weighted by molar-refractivity contribution is 5.88. The topological polar surface area (TPSA) is 49.6 Å². The molecular weight excluding hydrogens is 236 g/mol. The SMILES string of the molecule is C=CC1=C(Nc2ccccn2)N=C/C(CC)=C\N=C1. The van der Waals surface area contributed by atoms with E-state index < -0.39 is 0 Å². The van der Waals surface area contributed by atoms with Crippen LogP contribution >= 0.6 is 0 Å². The Morgan fingerprint density at radius 2 is 2.21 bits per heavy atom. The number of nitrogens with zero attached hydrogens (tertiary/aromatic N) is 3. The smallest absolute Gasteiger partial charge is 0.140 e. The summed E-state index contributed by atoms with van der Waals surface area (Å²) in [6.45, 7) is 5.85. The second kappa shape index (κ2) is 6.44. The van der Waals surface area contributed by atoms with Crippen molar-refractivity contribution >= 4 is 18.2 Å². The molecule has 0 saturated heterocycles. The summed E-state index contributed by atoms with van der Waals surface area (Å²) in [6.07, 6.45) is 9.70. The van der Waals surface area contributed by atoms with Gasteiger partial charge in [-0.15, -0.1) is 0 Å². The molecule has 0 atom stereocenters. The molecule has 1 N–H and O–H groups in total. The lowest BCUT2D eigenvalue weighted by atomic mass is 10.2. The van der Waals surface area contributed by atoms with Crippen LogP contribution in [0.4, 0.5) is 5.82 Å². The zero-order chi connectivity index (χ0) is 13.5. The van der Waals surface area contributed by atoms with E-state index in [2.05, 4.69) is 33.8 Å². The first kappa shape index (κ1) is 13.0. The van der Waals surface area contributed by atoms with Gasteiger partial charge in [0.15, 0.2) is 0 Å². The van der Waals surface area contributed by atoms with Crippen molar-refractivity contribution in [2.45, 2.75) is 13.3 Å². The van der Waals surface area contributed by atoms with Crippen LogP contribution in [0.1, 0.15) is 13.3 Å². The lowest BCUT2D eigenvalue weighted by molar-refractivity contribution is 1.15. The number of anilines is 1. The van der Waals surface area contributed by atoms with Crippen molar-refractivity contribution in [1.82, 2.24) is 4.98 Å². The van der Waals surface area contributed by atoms with E-state index in [9.17, 15) is 0 Å². The van der Waals surface area contributed by atoms with Gasteiger partial charge in [0, 0.05) is 30.4 Å². The molecule has 0 saturated carbocycles. The first-order valence-electron chi connectivity index (χ1n) is 6.14. The van der Waals surface area contributed by atoms with Gasteiger partial charge in [0.2, 0.25) is 0 Å². The number of allylic oxidation sites excluding steroid dienone is 3. The monoisotopic (exact) mass is 252 g/mol. The first-order valence-corrected chi connectivity index (χ1v) is 6.14. The van der Waals surface area contributed by atoms with Gasteiger partial charge < -0.3 is 5.32 Å². The lowest BCUT2D eigenvalue weighted by Gasteiger charge is -2.09. The van der Waals surface area contributed by atoms with E-state index in [1.807, 2.05) is 30.6 Å². The summed E-state index contributed by atoms with van der Waals surface area (Å²) in [6, 6.07) is 5.67. The summed E-state index contributed by atoms with van der Waals surface area (Å²) < 4.78 is 0. The number of pyridine rings is 1. The van der Waals surface area contributed by atoms with Gasteiger partial charge >= 0.3 is 0 Å². The Bertz CT molecular complexity index is 565. The molecule has 1 aromatic heterocycles. The van der Waals surface area contributed by atoms with Crippen LogP contribution < -0.4 is 5.32 Å². The third-order valence-corrected chi connectivity index (χ3v) is 2.63. The van der Waals surface area contributed by atoms with Crippen LogP contribution in [0.5, 0.6) is 0 Å². The van der Waals surface area contributed by atoms with Gasteiger partial charge in [-0.25, -0.2) is 9.98 Å². The minimum atomic E-state index is 0.691. The Morgan fingerprint density at radius 3 is 2.89 bits per heavy atom. The summed E-state index contributed by atoms with van der Waals surface area (Å²) in [5, 5.41) is 3.18. The fourth-order valence-electron chi connectivity index (χ4n) is 1.52. The number of hydrogen-bond acceptors (Lipinski definition) is 4. The number of aliphatic imine (C=N–C) groups is 2. The Hall–Kier alpha value is -2.49. The molecule has 1 aromatic rings. The van der Waals surface area contributed by atoms with Crippen LogP contribution in [0.15, 0.2) is 70.2 Å². The van der Waals surface area contributed by atoms with Gasteiger partial charge in [0.05, 0.1) is 0 Å². The van der Waals surface area contributed by atoms with Crippen molar-refractivity contribution in [3.05, 3.63) is 60.2 Å². The highest BCUT2D eigenvalue weighted by Gasteiger charge is 2.04. The van der Waals surface area contributed by atoms with Crippen LogP contribution in [0.25, 0.3) is 0 Å². The van der Waals surface area contributed by atoms with Gasteiger partial charge in [-0.2, -0.15) is 0 Å². The van der Waals surface area contributed by atoms with Gasteiger partial charge in [0.1, 0.15) is 11.6 Å². The minimum absolute atomic E-state index is 0.691. The average molecular weight is 252 g/mol. The molecule has 19 heavy (non-hydrogen) atoms. The van der Waals surface area contributed by atoms with Gasteiger partial charge in [-0.1, -0.05) is 25.6 Å². The normalized spacial score (nSPS) is 17.4. The maximum atomic E-state index is 4.46. The Morgan fingerprint density at radius 1 is 1.32 bits per heavy atom. The molecule has 0 fully saturated rings. The van der Waals surface area contributed by atoms with E-state index in [0.717, 1.165) is 23.4 Å². The molecule has 1 aliphatic heterocycles. The van der Waals surface area contributed by atoms with E-state index in [-0.39, 0.29) is 0 Å². The molecule has 1 aliphatic rings. The molecule has 0 unspecified atom stereocenters. The zero-order valence-corrected chi connectivity index (χ0v) is 10.9. The fourth-order valence-corrected chi connectivity index (χ4v) is 1.52. The van der Waals surface area contributed by atoms with E-state index in [1.54, 1.807) is 18.5 Å². The molecule has 4 nitrogen and oxygen atoms in total. The molecule has 0 bridgehead atoms. The quantitative estimate of drug-likeness (QED) is 0.893. The number of hydrogen-bond donors (Lipinski definition) is 1. The summed E-state index contributed by atoms with van der Waals surface area (Å²) in [7, 11) is 0. The van der Waals surface area contributed by atoms with Crippen LogP contribution in [0, 0.1) is 0 Å². The molecule has 96 valence electrons. The average Bonchev–Trinajstić information content (AvgIpc) is 2.44. The Kier molecular flexibility index (Phi) is 4.39. The first-order chi connectivity index (χ1) is 9.33. The summed E-state index contributed by atoms with van der Waals surface area (Å²) in [4.78, 5) is 12.9. The third kappa shape index (κ3) is 3.48. The molecule has 0 aromatic carbocycles. The molecule has 4 heteroatoms. The minimum Gasteiger partial charge on any atom is -0.324 e. The van der Waals surface area contributed by atoms with Crippen molar-refractivity contribution < 1.29 is 0 Å². The van der Waals surface area contributed by atoms with Gasteiger partial charge in [-0.05, 0) is 24.1 Å². The fraction of sp³-hybridized carbons (Fsp3) is 0.133. The molecule has 0 radical (unpaired) electrons. The number of rotatable bonds is 4. The molecule has 2 heterocycles. The summed E-state index contributed by atoms with van der Waals surface area (Å²) >= 11 is 0. The van der Waals surface area contributed by atoms with Crippen LogP contribution in [0.3, 0.4) is 0 Å². The second-order valence-electron chi connectivity index (χ2n) is 3.94. The Labute approximate surface area is 113 Å². The predicted octanol–water partition coefficient (Wildman–Crippen LogP) is 3.34. The van der Waals surface area contributed by atoms with Crippen molar-refractivity contribution in [3.8, 4) is 0 Å². The van der Waals surface area contributed by atoms with E-state index in [4.69, 9.17) is 0 Å². The van der Waals surface area contributed by atoms with Crippen molar-refractivity contribution in [2.24, 2.45) is 9.98 Å². The van der Waals surface area contributed by atoms with Crippen molar-refractivity contribution in [3.63, 3.8) is 0 Å². The van der Waals surface area contributed by atoms with E-state index in [0.29, 0.717) is 5.82 Å². The predicted molar refractivity (Wildman–Crippen MR) is 80.4 cm³/mol. The lowest BCUT2D eigenvalue weighted by Crippen LogP contribution is -2.05. The standard InChI is InChI=1S/C15H16N4/c1-3-12-9-16-11-13(4-2)15(18-10-12)19-14-7-5-6-8-17-14/h4-11H,2-3H2,1H3,(H,17,18,19). The molecule has 0 amide bonds. The maximum absolute atomic E-state index is 4.46. The highest BCUT2D eigenvalue weighted by Crippen LogP contribution is 2.13. The molecular formula is C15H16N4. The number of aromatic nitrogens is 1. The molecule has 2 rings (SSSR count). The van der Waals surface area contributed by atoms with E-state index >= 15 is 0 Å². The molecule has 0 aliphatic carbocycles. The van der Waals surface area contributed by atoms with Crippen molar-refractivity contribution in [1.29, 1.82) is 0 Å².